The summed E-state index contributed by atoms with van der Waals surface area (Å²) in [4.78, 5) is 12.7. The van der Waals surface area contributed by atoms with E-state index in [9.17, 15) is 14.3 Å². The summed E-state index contributed by atoms with van der Waals surface area (Å²) >= 11 is 0. The van der Waals surface area contributed by atoms with Crippen LogP contribution in [0.3, 0.4) is 0 Å². The van der Waals surface area contributed by atoms with Crippen molar-refractivity contribution in [3.63, 3.8) is 0 Å². The number of carbonyl (C=O) groups is 1. The molecule has 210 valence electrons. The molecule has 0 aliphatic carbocycles. The number of carboxylic acid groups (broad SMARTS) is 1. The molecule has 40 heavy (non-hydrogen) atoms. The molecule has 0 bridgehead atoms. The zero-order valence-corrected chi connectivity index (χ0v) is 23.8. The first-order valence-corrected chi connectivity index (χ1v) is 13.6. The number of carboxylic acids is 1. The quantitative estimate of drug-likeness (QED) is 0.267. The average molecular weight is 548 g/mol. The summed E-state index contributed by atoms with van der Waals surface area (Å²) in [6.45, 7) is 12.1. The first-order valence-electron chi connectivity index (χ1n) is 13.6. The second kappa shape index (κ2) is 10.4. The number of nitrogens with zero attached hydrogens (tertiary/aromatic N) is 1. The molecule has 1 N–H and O–H groups in total. The third kappa shape index (κ3) is 5.10. The van der Waals surface area contributed by atoms with Crippen molar-refractivity contribution < 1.29 is 28.2 Å². The Bertz CT molecular complexity index is 1630. The van der Waals surface area contributed by atoms with Crippen LogP contribution in [0.1, 0.15) is 66.7 Å². The van der Waals surface area contributed by atoms with E-state index in [4.69, 9.17) is 9.47 Å². The van der Waals surface area contributed by atoms with Crippen molar-refractivity contribution in [3.05, 3.63) is 87.6 Å². The van der Waals surface area contributed by atoms with Crippen LogP contribution in [-0.4, -0.2) is 27.9 Å². The standard InChI is InChI=1S/C33H35F2NO4/c1-18-14-22(34)10-9-21(18)17-36-12-11-24-27(36)15-19(2)28(31(32(37)38)40-33(4,5)6)29(24)25-16-26(35)30-23(20(25)3)8-7-13-39-30/h9-12,14-16,31H,7-8,13,17H2,1-6H3,(H,37,38)/t31-/m0/s1. The van der Waals surface area contributed by atoms with Crippen molar-refractivity contribution in [3.8, 4) is 16.9 Å². The van der Waals surface area contributed by atoms with Crippen molar-refractivity contribution in [1.82, 2.24) is 4.57 Å². The Hall–Kier alpha value is -3.71. The van der Waals surface area contributed by atoms with E-state index < -0.39 is 23.5 Å². The van der Waals surface area contributed by atoms with Crippen molar-refractivity contribution in [2.75, 3.05) is 6.61 Å². The van der Waals surface area contributed by atoms with Gasteiger partial charge in [-0.05, 0) is 118 Å². The fourth-order valence-electron chi connectivity index (χ4n) is 5.77. The Balaban J connectivity index is 1.80. The molecule has 0 fully saturated rings. The Morgan fingerprint density at radius 3 is 2.52 bits per heavy atom. The molecular weight excluding hydrogens is 512 g/mol. The number of aliphatic carboxylic acids is 1. The second-order valence-corrected chi connectivity index (χ2v) is 11.7. The minimum absolute atomic E-state index is 0.281. The number of hydrogen-bond acceptors (Lipinski definition) is 3. The summed E-state index contributed by atoms with van der Waals surface area (Å²) in [7, 11) is 0. The van der Waals surface area contributed by atoms with Crippen LogP contribution >= 0.6 is 0 Å². The minimum Gasteiger partial charge on any atom is -0.490 e. The maximum atomic E-state index is 15.5. The van der Waals surface area contributed by atoms with Gasteiger partial charge in [0.2, 0.25) is 0 Å². The molecule has 0 spiro atoms. The lowest BCUT2D eigenvalue weighted by molar-refractivity contribution is -0.160. The molecule has 1 aliphatic rings. The van der Waals surface area contributed by atoms with Crippen molar-refractivity contribution in [1.29, 1.82) is 0 Å². The number of benzene rings is 3. The van der Waals surface area contributed by atoms with E-state index in [-0.39, 0.29) is 11.6 Å². The van der Waals surface area contributed by atoms with Gasteiger partial charge in [-0.1, -0.05) is 6.07 Å². The smallest absolute Gasteiger partial charge is 0.337 e. The van der Waals surface area contributed by atoms with Gasteiger partial charge < -0.3 is 19.1 Å². The highest BCUT2D eigenvalue weighted by Crippen LogP contribution is 2.45. The Morgan fingerprint density at radius 2 is 1.85 bits per heavy atom. The Morgan fingerprint density at radius 1 is 1.10 bits per heavy atom. The molecule has 0 amide bonds. The lowest BCUT2D eigenvalue weighted by atomic mass is 9.85. The highest BCUT2D eigenvalue weighted by molar-refractivity contribution is 6.01. The van der Waals surface area contributed by atoms with Crippen molar-refractivity contribution >= 4 is 16.9 Å². The van der Waals surface area contributed by atoms with Crippen LogP contribution in [0, 0.1) is 32.4 Å². The molecule has 1 aromatic heterocycles. The number of hydrogen-bond donors (Lipinski definition) is 1. The van der Waals surface area contributed by atoms with Gasteiger partial charge in [0.25, 0.3) is 0 Å². The Kier molecular flexibility index (Phi) is 7.21. The summed E-state index contributed by atoms with van der Waals surface area (Å²) in [6.07, 6.45) is 2.14. The average Bonchev–Trinajstić information content (AvgIpc) is 3.27. The minimum atomic E-state index is -1.27. The van der Waals surface area contributed by atoms with E-state index in [1.807, 2.05) is 59.9 Å². The number of ether oxygens (including phenoxy) is 2. The van der Waals surface area contributed by atoms with E-state index >= 15 is 4.39 Å². The summed E-state index contributed by atoms with van der Waals surface area (Å²) < 4.78 is 43.2. The number of fused-ring (bicyclic) bond motifs is 2. The molecular formula is C33H35F2NO4. The van der Waals surface area contributed by atoms with Gasteiger partial charge in [-0.3, -0.25) is 0 Å². The van der Waals surface area contributed by atoms with E-state index in [2.05, 4.69) is 4.57 Å². The monoisotopic (exact) mass is 547 g/mol. The van der Waals surface area contributed by atoms with Gasteiger partial charge >= 0.3 is 5.97 Å². The molecule has 0 radical (unpaired) electrons. The molecule has 5 rings (SSSR count). The third-order valence-electron chi connectivity index (χ3n) is 7.63. The number of aryl methyl sites for hydroxylation is 2. The van der Waals surface area contributed by atoms with Gasteiger partial charge in [0.05, 0.1) is 12.2 Å². The van der Waals surface area contributed by atoms with Crippen molar-refractivity contribution in [2.24, 2.45) is 0 Å². The predicted molar refractivity (Wildman–Crippen MR) is 152 cm³/mol. The molecule has 1 atom stereocenters. The number of aromatic nitrogens is 1. The molecule has 1 aliphatic heterocycles. The normalized spacial score (nSPS) is 14.2. The molecule has 0 saturated heterocycles. The summed E-state index contributed by atoms with van der Waals surface area (Å²) in [5.41, 5.74) is 6.12. The van der Waals surface area contributed by atoms with Crippen LogP contribution in [0.25, 0.3) is 22.0 Å². The lowest BCUT2D eigenvalue weighted by Crippen LogP contribution is -2.28. The highest BCUT2D eigenvalue weighted by atomic mass is 19.1. The van der Waals surface area contributed by atoms with E-state index in [0.29, 0.717) is 36.3 Å². The van der Waals surface area contributed by atoms with Gasteiger partial charge in [-0.25, -0.2) is 13.6 Å². The van der Waals surface area contributed by atoms with Gasteiger partial charge in [-0.2, -0.15) is 0 Å². The molecule has 7 heteroatoms. The number of halogens is 2. The molecule has 3 aromatic carbocycles. The highest BCUT2D eigenvalue weighted by Gasteiger charge is 2.33. The molecule has 4 aromatic rings. The second-order valence-electron chi connectivity index (χ2n) is 11.7. The van der Waals surface area contributed by atoms with E-state index in [1.165, 1.54) is 18.2 Å². The largest absolute Gasteiger partial charge is 0.490 e. The van der Waals surface area contributed by atoms with Gasteiger partial charge in [0.15, 0.2) is 17.7 Å². The molecule has 0 unspecified atom stereocenters. The van der Waals surface area contributed by atoms with Gasteiger partial charge in [0.1, 0.15) is 5.82 Å². The fraction of sp³-hybridized carbons (Fsp3) is 0.364. The molecule has 5 nitrogen and oxygen atoms in total. The SMILES string of the molecule is Cc1cc(F)ccc1Cn1ccc2c(-c3cc(F)c4c(c3C)CCCO4)c([C@H](OC(C)(C)C)C(=O)O)c(C)cc21. The van der Waals surface area contributed by atoms with Crippen LogP contribution < -0.4 is 4.74 Å². The van der Waals surface area contributed by atoms with E-state index in [1.54, 1.807) is 6.07 Å². The summed E-state index contributed by atoms with van der Waals surface area (Å²) in [5, 5.41) is 11.2. The third-order valence-corrected chi connectivity index (χ3v) is 7.63. The topological polar surface area (TPSA) is 60.7 Å². The lowest BCUT2D eigenvalue weighted by Gasteiger charge is -2.29. The van der Waals surface area contributed by atoms with Crippen LogP contribution in [0.15, 0.2) is 42.6 Å². The first kappa shape index (κ1) is 27.8. The molecule has 0 saturated carbocycles. The van der Waals surface area contributed by atoms with E-state index in [0.717, 1.165) is 45.1 Å². The maximum Gasteiger partial charge on any atom is 0.337 e. The van der Waals surface area contributed by atoms with Gasteiger partial charge in [-0.15, -0.1) is 0 Å². The fourth-order valence-corrected chi connectivity index (χ4v) is 5.77. The van der Waals surface area contributed by atoms with Gasteiger partial charge in [0, 0.05) is 34.8 Å². The summed E-state index contributed by atoms with van der Waals surface area (Å²) in [5.74, 6) is -1.57. The summed E-state index contributed by atoms with van der Waals surface area (Å²) in [6, 6.07) is 10.1. The number of rotatable bonds is 6. The van der Waals surface area contributed by atoms with Crippen LogP contribution in [-0.2, 0) is 22.5 Å². The van der Waals surface area contributed by atoms with Crippen molar-refractivity contribution in [2.45, 2.75) is 72.6 Å². The molecule has 2 heterocycles. The zero-order chi connectivity index (χ0) is 28.9. The zero-order valence-electron chi connectivity index (χ0n) is 23.8. The first-order chi connectivity index (χ1) is 18.9. The van der Waals surface area contributed by atoms with Crippen LogP contribution in [0.2, 0.25) is 0 Å². The predicted octanol–water partition coefficient (Wildman–Crippen LogP) is 7.83. The Labute approximate surface area is 233 Å². The van der Waals surface area contributed by atoms with Crippen LogP contribution in [0.5, 0.6) is 5.75 Å². The van der Waals surface area contributed by atoms with Crippen LogP contribution in [0.4, 0.5) is 8.78 Å². The maximum absolute atomic E-state index is 15.5.